The van der Waals surface area contributed by atoms with Crippen molar-refractivity contribution >= 4 is 5.91 Å². The van der Waals surface area contributed by atoms with Crippen molar-refractivity contribution in [3.63, 3.8) is 0 Å². The molecule has 4 rings (SSSR count). The van der Waals surface area contributed by atoms with Crippen LogP contribution in [0.1, 0.15) is 21.9 Å². The van der Waals surface area contributed by atoms with Gasteiger partial charge in [-0.2, -0.15) is 0 Å². The van der Waals surface area contributed by atoms with E-state index in [0.29, 0.717) is 32.0 Å². The molecule has 0 radical (unpaired) electrons. The molecule has 3 heterocycles. The first-order valence-electron chi connectivity index (χ1n) is 9.29. The number of morpholine rings is 1. The number of methoxy groups -OCH3 is 1. The molecule has 146 valence electrons. The Morgan fingerprint density at radius 2 is 2.25 bits per heavy atom. The maximum Gasteiger partial charge on any atom is 0.289 e. The lowest BCUT2D eigenvalue weighted by molar-refractivity contribution is -0.0218. The van der Waals surface area contributed by atoms with Gasteiger partial charge in [-0.1, -0.05) is 12.1 Å². The van der Waals surface area contributed by atoms with Crippen LogP contribution in [-0.2, 0) is 17.7 Å². The molecule has 7 heteroatoms. The molecule has 0 N–H and O–H groups in total. The first kappa shape index (κ1) is 18.3. The molecule has 3 aromatic rings. The van der Waals surface area contributed by atoms with E-state index in [9.17, 15) is 4.79 Å². The van der Waals surface area contributed by atoms with E-state index in [1.165, 1.54) is 0 Å². The van der Waals surface area contributed by atoms with Gasteiger partial charge in [0.1, 0.15) is 11.5 Å². The second-order valence-corrected chi connectivity index (χ2v) is 6.80. The van der Waals surface area contributed by atoms with Crippen molar-refractivity contribution in [2.75, 3.05) is 26.8 Å². The Kier molecular flexibility index (Phi) is 5.43. The van der Waals surface area contributed by atoms with Gasteiger partial charge < -0.3 is 23.4 Å². The van der Waals surface area contributed by atoms with E-state index in [1.54, 1.807) is 30.6 Å². The number of amides is 1. The smallest absolute Gasteiger partial charge is 0.289 e. The average molecular weight is 381 g/mol. The molecule has 1 amide bonds. The van der Waals surface area contributed by atoms with E-state index in [2.05, 4.69) is 4.98 Å². The first-order chi connectivity index (χ1) is 13.7. The Labute approximate surface area is 163 Å². The summed E-state index contributed by atoms with van der Waals surface area (Å²) in [5.41, 5.74) is 1.12. The molecule has 0 saturated carbocycles. The third-order valence-corrected chi connectivity index (χ3v) is 4.79. The summed E-state index contributed by atoms with van der Waals surface area (Å²) in [5, 5.41) is 0. The van der Waals surface area contributed by atoms with Gasteiger partial charge in [0.15, 0.2) is 5.76 Å². The molecular formula is C21H23N3O4. The Morgan fingerprint density at radius 3 is 3.07 bits per heavy atom. The van der Waals surface area contributed by atoms with Gasteiger partial charge in [0.2, 0.25) is 0 Å². The van der Waals surface area contributed by atoms with E-state index >= 15 is 0 Å². The predicted molar refractivity (Wildman–Crippen MR) is 102 cm³/mol. The number of hydrogen-bond acceptors (Lipinski definition) is 5. The summed E-state index contributed by atoms with van der Waals surface area (Å²) in [5.74, 6) is 1.80. The van der Waals surface area contributed by atoms with Crippen LogP contribution in [0.4, 0.5) is 0 Å². The standard InChI is InChI=1S/C21H23N3O4/c1-26-17-4-2-3-16(11-17)12-19-14-24(9-10-27-19)21(25)20-6-5-18(28-20)13-23-8-7-22-15-23/h2-8,11,15,19H,9-10,12-14H2,1H3. The molecule has 1 atom stereocenters. The van der Waals surface area contributed by atoms with Crippen LogP contribution in [0.5, 0.6) is 5.75 Å². The number of ether oxygens (including phenoxy) is 2. The molecule has 7 nitrogen and oxygen atoms in total. The molecule has 0 aliphatic carbocycles. The van der Waals surface area contributed by atoms with Crippen molar-refractivity contribution in [3.05, 3.63) is 72.2 Å². The highest BCUT2D eigenvalue weighted by Crippen LogP contribution is 2.19. The Morgan fingerprint density at radius 1 is 1.32 bits per heavy atom. The number of nitrogens with zero attached hydrogens (tertiary/aromatic N) is 3. The van der Waals surface area contributed by atoms with Crippen LogP contribution in [0.15, 0.2) is 59.5 Å². The van der Waals surface area contributed by atoms with Crippen LogP contribution in [-0.4, -0.2) is 53.3 Å². The van der Waals surface area contributed by atoms with E-state index in [1.807, 2.05) is 41.1 Å². The van der Waals surface area contributed by atoms with E-state index in [-0.39, 0.29) is 12.0 Å². The maximum absolute atomic E-state index is 12.9. The first-order valence-corrected chi connectivity index (χ1v) is 9.29. The number of imidazole rings is 1. The summed E-state index contributed by atoms with van der Waals surface area (Å²) in [4.78, 5) is 18.7. The summed E-state index contributed by atoms with van der Waals surface area (Å²) in [7, 11) is 1.65. The van der Waals surface area contributed by atoms with Crippen molar-refractivity contribution in [1.82, 2.24) is 14.5 Å². The van der Waals surface area contributed by atoms with Gasteiger partial charge >= 0.3 is 0 Å². The fraction of sp³-hybridized carbons (Fsp3) is 0.333. The van der Waals surface area contributed by atoms with Crippen molar-refractivity contribution in [2.24, 2.45) is 0 Å². The third-order valence-electron chi connectivity index (χ3n) is 4.79. The zero-order chi connectivity index (χ0) is 19.3. The molecule has 28 heavy (non-hydrogen) atoms. The Bertz CT molecular complexity index is 919. The largest absolute Gasteiger partial charge is 0.497 e. The van der Waals surface area contributed by atoms with E-state index in [4.69, 9.17) is 13.9 Å². The molecule has 0 bridgehead atoms. The number of hydrogen-bond donors (Lipinski definition) is 0. The zero-order valence-corrected chi connectivity index (χ0v) is 15.8. The monoisotopic (exact) mass is 381 g/mol. The molecule has 1 fully saturated rings. The van der Waals surface area contributed by atoms with Gasteiger partial charge in [-0.05, 0) is 29.8 Å². The predicted octanol–water partition coefficient (Wildman–Crippen LogP) is 2.62. The molecule has 1 aromatic carbocycles. The van der Waals surface area contributed by atoms with Crippen LogP contribution in [0.25, 0.3) is 0 Å². The molecular weight excluding hydrogens is 358 g/mol. The van der Waals surface area contributed by atoms with Crippen molar-refractivity contribution in [1.29, 1.82) is 0 Å². The van der Waals surface area contributed by atoms with Gasteiger partial charge in [0.05, 0.1) is 32.7 Å². The van der Waals surface area contributed by atoms with Crippen LogP contribution >= 0.6 is 0 Å². The zero-order valence-electron chi connectivity index (χ0n) is 15.8. The summed E-state index contributed by atoms with van der Waals surface area (Å²) in [6.45, 7) is 2.16. The highest BCUT2D eigenvalue weighted by atomic mass is 16.5. The molecule has 1 saturated heterocycles. The van der Waals surface area contributed by atoms with Gasteiger partial charge in [0.25, 0.3) is 5.91 Å². The molecule has 0 spiro atoms. The average Bonchev–Trinajstić information content (AvgIpc) is 3.40. The fourth-order valence-corrected chi connectivity index (χ4v) is 3.38. The molecule has 1 unspecified atom stereocenters. The van der Waals surface area contributed by atoms with Gasteiger partial charge in [-0.15, -0.1) is 0 Å². The topological polar surface area (TPSA) is 69.7 Å². The molecule has 1 aliphatic rings. The van der Waals surface area contributed by atoms with Gasteiger partial charge in [-0.3, -0.25) is 4.79 Å². The van der Waals surface area contributed by atoms with Crippen molar-refractivity contribution in [2.45, 2.75) is 19.1 Å². The van der Waals surface area contributed by atoms with Crippen LogP contribution in [0.3, 0.4) is 0 Å². The normalized spacial score (nSPS) is 16.9. The second kappa shape index (κ2) is 8.31. The second-order valence-electron chi connectivity index (χ2n) is 6.80. The lowest BCUT2D eigenvalue weighted by Gasteiger charge is -2.32. The van der Waals surface area contributed by atoms with E-state index < -0.39 is 0 Å². The SMILES string of the molecule is COc1cccc(CC2CN(C(=O)c3ccc(Cn4ccnc4)o3)CCO2)c1. The van der Waals surface area contributed by atoms with E-state index in [0.717, 1.165) is 23.5 Å². The number of rotatable bonds is 6. The van der Waals surface area contributed by atoms with Crippen molar-refractivity contribution in [3.8, 4) is 5.75 Å². The quantitative estimate of drug-likeness (QED) is 0.657. The highest BCUT2D eigenvalue weighted by Gasteiger charge is 2.27. The minimum atomic E-state index is -0.101. The summed E-state index contributed by atoms with van der Waals surface area (Å²) < 4.78 is 18.8. The maximum atomic E-state index is 12.9. The Balaban J connectivity index is 1.38. The lowest BCUT2D eigenvalue weighted by atomic mass is 10.1. The summed E-state index contributed by atoms with van der Waals surface area (Å²) >= 11 is 0. The van der Waals surface area contributed by atoms with Crippen LogP contribution in [0.2, 0.25) is 0 Å². The lowest BCUT2D eigenvalue weighted by Crippen LogP contribution is -2.46. The highest BCUT2D eigenvalue weighted by molar-refractivity contribution is 5.91. The molecule has 1 aliphatic heterocycles. The Hall–Kier alpha value is -3.06. The summed E-state index contributed by atoms with van der Waals surface area (Å²) in [6.07, 6.45) is 5.96. The molecule has 2 aromatic heterocycles. The number of furan rings is 1. The minimum absolute atomic E-state index is 0.0508. The minimum Gasteiger partial charge on any atom is -0.497 e. The van der Waals surface area contributed by atoms with Crippen molar-refractivity contribution < 1.29 is 18.7 Å². The number of benzene rings is 1. The fourth-order valence-electron chi connectivity index (χ4n) is 3.38. The van der Waals surface area contributed by atoms with Crippen LogP contribution in [0, 0.1) is 0 Å². The third kappa shape index (κ3) is 4.26. The number of carbonyl (C=O) groups excluding carboxylic acids is 1. The summed E-state index contributed by atoms with van der Waals surface area (Å²) in [6, 6.07) is 11.5. The number of aromatic nitrogens is 2. The van der Waals surface area contributed by atoms with Crippen LogP contribution < -0.4 is 4.74 Å². The number of carbonyl (C=O) groups is 1. The van der Waals surface area contributed by atoms with Gasteiger partial charge in [-0.25, -0.2) is 4.98 Å². The van der Waals surface area contributed by atoms with Gasteiger partial charge in [0, 0.05) is 31.9 Å².